The van der Waals surface area contributed by atoms with Crippen LogP contribution < -0.4 is 16.2 Å². The predicted molar refractivity (Wildman–Crippen MR) is 63.9 cm³/mol. The highest BCUT2D eigenvalue weighted by Crippen LogP contribution is 2.25. The number of nitrogens with zero attached hydrogens (tertiary/aromatic N) is 2. The smallest absolute Gasteiger partial charge is 0.0724 e. The quantitative estimate of drug-likeness (QED) is 0.573. The van der Waals surface area contributed by atoms with Gasteiger partial charge >= 0.3 is 0 Å². The first-order chi connectivity index (χ1) is 7.22. The Hall–Kier alpha value is -1.81. The number of hydrogen-bond acceptors (Lipinski definition) is 4. The molecule has 1 heterocycles. The molecule has 0 saturated heterocycles. The summed E-state index contributed by atoms with van der Waals surface area (Å²) in [5, 5.41) is 1.03. The Labute approximate surface area is 88.7 Å². The van der Waals surface area contributed by atoms with E-state index in [1.54, 1.807) is 6.20 Å². The molecule has 0 fully saturated rings. The Morgan fingerprint density at radius 2 is 2.07 bits per heavy atom. The number of rotatable bonds is 2. The Kier molecular flexibility index (Phi) is 2.43. The lowest BCUT2D eigenvalue weighted by Gasteiger charge is -2.13. The fourth-order valence-corrected chi connectivity index (χ4v) is 1.54. The van der Waals surface area contributed by atoms with Crippen LogP contribution in [0.25, 0.3) is 10.9 Å². The summed E-state index contributed by atoms with van der Waals surface area (Å²) in [7, 11) is 4.01. The van der Waals surface area contributed by atoms with Crippen molar-refractivity contribution in [1.29, 1.82) is 0 Å². The molecule has 3 N–H and O–H groups in total. The van der Waals surface area contributed by atoms with Gasteiger partial charge in [0.25, 0.3) is 0 Å². The van der Waals surface area contributed by atoms with E-state index in [4.69, 9.17) is 5.84 Å². The summed E-state index contributed by atoms with van der Waals surface area (Å²) < 4.78 is 0. The Morgan fingerprint density at radius 3 is 2.73 bits per heavy atom. The second kappa shape index (κ2) is 3.74. The van der Waals surface area contributed by atoms with Crippen LogP contribution >= 0.6 is 0 Å². The van der Waals surface area contributed by atoms with Crippen molar-refractivity contribution in [2.24, 2.45) is 5.84 Å². The van der Waals surface area contributed by atoms with Crippen LogP contribution in [0.15, 0.2) is 30.5 Å². The van der Waals surface area contributed by atoms with Gasteiger partial charge in [-0.3, -0.25) is 10.8 Å². The highest BCUT2D eigenvalue weighted by atomic mass is 15.2. The normalized spacial score (nSPS) is 10.3. The summed E-state index contributed by atoms with van der Waals surface area (Å²) in [5.74, 6) is 5.45. The van der Waals surface area contributed by atoms with Crippen LogP contribution in [0.2, 0.25) is 0 Å². The van der Waals surface area contributed by atoms with Gasteiger partial charge in [-0.2, -0.15) is 0 Å². The zero-order chi connectivity index (χ0) is 10.8. The average Bonchev–Trinajstić information content (AvgIpc) is 2.27. The van der Waals surface area contributed by atoms with Gasteiger partial charge in [-0.05, 0) is 24.3 Å². The molecule has 0 amide bonds. The van der Waals surface area contributed by atoms with E-state index in [9.17, 15) is 0 Å². The first kappa shape index (κ1) is 9.73. The molecule has 2 rings (SSSR count). The molecule has 0 aliphatic heterocycles. The molecule has 0 unspecified atom stereocenters. The number of benzene rings is 1. The summed E-state index contributed by atoms with van der Waals surface area (Å²) in [4.78, 5) is 6.32. The third-order valence-corrected chi connectivity index (χ3v) is 2.40. The zero-order valence-corrected chi connectivity index (χ0v) is 8.86. The van der Waals surface area contributed by atoms with Gasteiger partial charge in [-0.25, -0.2) is 0 Å². The average molecular weight is 202 g/mol. The topological polar surface area (TPSA) is 54.2 Å². The van der Waals surface area contributed by atoms with Crippen molar-refractivity contribution in [3.05, 3.63) is 30.5 Å². The summed E-state index contributed by atoms with van der Waals surface area (Å²) in [6, 6.07) is 7.96. The maximum atomic E-state index is 5.45. The molecule has 0 atom stereocenters. The minimum atomic E-state index is 0.892. The molecule has 4 heteroatoms. The molecule has 1 aromatic heterocycles. The molecule has 0 aliphatic rings. The van der Waals surface area contributed by atoms with Gasteiger partial charge in [0.05, 0.1) is 11.2 Å². The van der Waals surface area contributed by atoms with Crippen LogP contribution in [0.4, 0.5) is 11.4 Å². The van der Waals surface area contributed by atoms with E-state index in [2.05, 4.69) is 16.5 Å². The zero-order valence-electron chi connectivity index (χ0n) is 8.86. The van der Waals surface area contributed by atoms with E-state index in [1.807, 2.05) is 37.2 Å². The number of aromatic nitrogens is 1. The van der Waals surface area contributed by atoms with Crippen LogP contribution in [0.1, 0.15) is 0 Å². The lowest BCUT2D eigenvalue weighted by Crippen LogP contribution is -2.10. The van der Waals surface area contributed by atoms with Gasteiger partial charge in [-0.15, -0.1) is 0 Å². The Morgan fingerprint density at radius 1 is 1.27 bits per heavy atom. The molecule has 0 spiro atoms. The van der Waals surface area contributed by atoms with Crippen LogP contribution in [0.3, 0.4) is 0 Å². The van der Waals surface area contributed by atoms with Gasteiger partial charge in [0.2, 0.25) is 0 Å². The minimum absolute atomic E-state index is 0.892. The maximum absolute atomic E-state index is 5.45. The molecule has 0 radical (unpaired) electrons. The van der Waals surface area contributed by atoms with Crippen molar-refractivity contribution >= 4 is 22.3 Å². The van der Waals surface area contributed by atoms with Crippen LogP contribution in [-0.2, 0) is 0 Å². The van der Waals surface area contributed by atoms with E-state index in [-0.39, 0.29) is 0 Å². The maximum Gasteiger partial charge on any atom is 0.0724 e. The molecule has 2 aromatic rings. The fourth-order valence-electron chi connectivity index (χ4n) is 1.54. The van der Waals surface area contributed by atoms with Crippen molar-refractivity contribution in [1.82, 2.24) is 4.98 Å². The lowest BCUT2D eigenvalue weighted by atomic mass is 10.1. The number of nitrogens with two attached hydrogens (primary N) is 1. The Bertz CT molecular complexity index is 479. The van der Waals surface area contributed by atoms with E-state index in [1.165, 1.54) is 0 Å². The number of anilines is 2. The second-order valence-corrected chi connectivity index (χ2v) is 3.60. The third kappa shape index (κ3) is 1.71. The van der Waals surface area contributed by atoms with E-state index in [0.717, 1.165) is 22.3 Å². The number of hydrogen-bond donors (Lipinski definition) is 2. The van der Waals surface area contributed by atoms with E-state index < -0.39 is 0 Å². The Balaban J connectivity index is 2.67. The number of hydrazine groups is 1. The lowest BCUT2D eigenvalue weighted by molar-refractivity contribution is 1.13. The second-order valence-electron chi connectivity index (χ2n) is 3.60. The first-order valence-corrected chi connectivity index (χ1v) is 4.75. The van der Waals surface area contributed by atoms with Gasteiger partial charge in [0.1, 0.15) is 0 Å². The highest BCUT2D eigenvalue weighted by molar-refractivity contribution is 5.93. The van der Waals surface area contributed by atoms with Gasteiger partial charge in [0, 0.05) is 31.4 Å². The molecular weight excluding hydrogens is 188 g/mol. The largest absolute Gasteiger partial charge is 0.378 e. The van der Waals surface area contributed by atoms with Crippen LogP contribution in [-0.4, -0.2) is 19.1 Å². The monoisotopic (exact) mass is 202 g/mol. The number of pyridine rings is 1. The first-order valence-electron chi connectivity index (χ1n) is 4.75. The molecule has 15 heavy (non-hydrogen) atoms. The number of nitrogen functional groups attached to an aromatic ring is 1. The summed E-state index contributed by atoms with van der Waals surface area (Å²) in [6.07, 6.45) is 1.74. The van der Waals surface area contributed by atoms with Gasteiger partial charge in [-0.1, -0.05) is 0 Å². The van der Waals surface area contributed by atoms with Crippen LogP contribution in [0, 0.1) is 0 Å². The van der Waals surface area contributed by atoms with E-state index in [0.29, 0.717) is 0 Å². The van der Waals surface area contributed by atoms with Crippen molar-refractivity contribution in [3.8, 4) is 0 Å². The molecule has 1 aromatic carbocycles. The SMILES string of the molecule is CN(C)c1ccc2nccc(NN)c2c1. The summed E-state index contributed by atoms with van der Waals surface area (Å²) >= 11 is 0. The summed E-state index contributed by atoms with van der Waals surface area (Å²) in [5.41, 5.74) is 5.64. The molecular formula is C11H14N4. The molecule has 4 nitrogen and oxygen atoms in total. The molecule has 0 bridgehead atoms. The number of nitrogens with one attached hydrogen (secondary N) is 1. The molecule has 0 saturated carbocycles. The van der Waals surface area contributed by atoms with Gasteiger partial charge < -0.3 is 10.3 Å². The van der Waals surface area contributed by atoms with Crippen molar-refractivity contribution < 1.29 is 0 Å². The van der Waals surface area contributed by atoms with Crippen molar-refractivity contribution in [3.63, 3.8) is 0 Å². The van der Waals surface area contributed by atoms with Crippen LogP contribution in [0.5, 0.6) is 0 Å². The predicted octanol–water partition coefficient (Wildman–Crippen LogP) is 1.59. The standard InChI is InChI=1S/C11H14N4/c1-15(2)8-3-4-10-9(7-8)11(14-12)5-6-13-10/h3-7H,12H2,1-2H3,(H,13,14). The van der Waals surface area contributed by atoms with Gasteiger partial charge in [0.15, 0.2) is 0 Å². The number of fused-ring (bicyclic) bond motifs is 1. The third-order valence-electron chi connectivity index (χ3n) is 2.40. The van der Waals surface area contributed by atoms with Crippen molar-refractivity contribution in [2.75, 3.05) is 24.4 Å². The highest BCUT2D eigenvalue weighted by Gasteiger charge is 2.02. The molecule has 78 valence electrons. The fraction of sp³-hybridized carbons (Fsp3) is 0.182. The molecule has 0 aliphatic carbocycles. The van der Waals surface area contributed by atoms with E-state index >= 15 is 0 Å². The van der Waals surface area contributed by atoms with Crippen molar-refractivity contribution in [2.45, 2.75) is 0 Å². The minimum Gasteiger partial charge on any atom is -0.378 e. The summed E-state index contributed by atoms with van der Waals surface area (Å²) in [6.45, 7) is 0.